The smallest absolute Gasteiger partial charge is 0.234 e. The maximum absolute atomic E-state index is 11.7. The lowest BCUT2D eigenvalue weighted by Crippen LogP contribution is -2.50. The maximum Gasteiger partial charge on any atom is 0.234 e. The average molecular weight is 254 g/mol. The number of hydrogen-bond acceptors (Lipinski definition) is 4. The van der Waals surface area contributed by atoms with Crippen LogP contribution in [0.4, 0.5) is 0 Å². The minimum Gasteiger partial charge on any atom is -0.352 e. The molecule has 2 rings (SSSR count). The van der Waals surface area contributed by atoms with E-state index in [1.54, 1.807) is 0 Å². The molecular formula is C13H26N4O. The number of amides is 1. The number of rotatable bonds is 6. The summed E-state index contributed by atoms with van der Waals surface area (Å²) in [7, 11) is 0. The second-order valence-electron chi connectivity index (χ2n) is 5.76. The molecule has 3 N–H and O–H groups in total. The Labute approximate surface area is 110 Å². The normalized spacial score (nSPS) is 23.9. The van der Waals surface area contributed by atoms with Crippen LogP contribution >= 0.6 is 0 Å². The van der Waals surface area contributed by atoms with Gasteiger partial charge in [-0.15, -0.1) is 0 Å². The first-order chi connectivity index (χ1) is 8.67. The molecule has 5 nitrogen and oxygen atoms in total. The van der Waals surface area contributed by atoms with E-state index in [1.807, 2.05) is 0 Å². The summed E-state index contributed by atoms with van der Waals surface area (Å²) in [5.41, 5.74) is 5.64. The molecule has 0 bridgehead atoms. The quantitative estimate of drug-likeness (QED) is 0.669. The third kappa shape index (κ3) is 4.55. The summed E-state index contributed by atoms with van der Waals surface area (Å²) >= 11 is 0. The summed E-state index contributed by atoms with van der Waals surface area (Å²) in [5.74, 6) is 0.760. The molecule has 1 heterocycles. The van der Waals surface area contributed by atoms with Crippen molar-refractivity contribution in [1.29, 1.82) is 0 Å². The first-order valence-electron chi connectivity index (χ1n) is 7.11. The maximum atomic E-state index is 11.7. The Bertz CT molecular complexity index is 272. The summed E-state index contributed by atoms with van der Waals surface area (Å²) in [6.07, 6.45) is 2.33. The van der Waals surface area contributed by atoms with E-state index >= 15 is 0 Å². The average Bonchev–Trinajstić information content (AvgIpc) is 3.15. The Morgan fingerprint density at radius 1 is 1.28 bits per heavy atom. The number of carbonyl (C=O) groups is 1. The van der Waals surface area contributed by atoms with Crippen LogP contribution in [0, 0.1) is 5.92 Å². The van der Waals surface area contributed by atoms with Crippen LogP contribution in [0.1, 0.15) is 19.8 Å². The molecule has 1 aliphatic heterocycles. The van der Waals surface area contributed by atoms with Crippen LogP contribution in [0.25, 0.3) is 0 Å². The SMILES string of the molecule is CC(CN)CN1CCN(CC(=O)NC2CC2)CC1. The zero-order valence-corrected chi connectivity index (χ0v) is 11.4. The van der Waals surface area contributed by atoms with Crippen LogP contribution in [-0.4, -0.2) is 67.6 Å². The first-order valence-corrected chi connectivity index (χ1v) is 7.11. The highest BCUT2D eigenvalue weighted by atomic mass is 16.2. The summed E-state index contributed by atoms with van der Waals surface area (Å²) in [6.45, 7) is 8.70. The fraction of sp³-hybridized carbons (Fsp3) is 0.923. The van der Waals surface area contributed by atoms with Crippen molar-refractivity contribution in [2.24, 2.45) is 11.7 Å². The largest absolute Gasteiger partial charge is 0.352 e. The molecule has 1 unspecified atom stereocenters. The zero-order valence-electron chi connectivity index (χ0n) is 11.4. The van der Waals surface area contributed by atoms with Crippen LogP contribution in [0.2, 0.25) is 0 Å². The van der Waals surface area contributed by atoms with Crippen molar-refractivity contribution in [3.63, 3.8) is 0 Å². The Morgan fingerprint density at radius 3 is 2.44 bits per heavy atom. The summed E-state index contributed by atoms with van der Waals surface area (Å²) in [6, 6.07) is 0.476. The van der Waals surface area contributed by atoms with Crippen molar-refractivity contribution in [3.8, 4) is 0 Å². The Balaban J connectivity index is 1.61. The van der Waals surface area contributed by atoms with Gasteiger partial charge in [0, 0.05) is 38.8 Å². The molecule has 0 aromatic heterocycles. The van der Waals surface area contributed by atoms with Gasteiger partial charge >= 0.3 is 0 Å². The number of carbonyl (C=O) groups excluding carboxylic acids is 1. The first kappa shape index (κ1) is 13.8. The predicted molar refractivity (Wildman–Crippen MR) is 72.3 cm³/mol. The standard InChI is InChI=1S/C13H26N4O/c1-11(8-14)9-16-4-6-17(7-5-16)10-13(18)15-12-2-3-12/h11-12H,2-10,14H2,1H3,(H,15,18). The number of nitrogens with one attached hydrogen (secondary N) is 1. The van der Waals surface area contributed by atoms with E-state index in [1.165, 1.54) is 0 Å². The number of piperazine rings is 1. The van der Waals surface area contributed by atoms with E-state index in [-0.39, 0.29) is 5.91 Å². The fourth-order valence-electron chi connectivity index (χ4n) is 2.35. The van der Waals surface area contributed by atoms with Crippen molar-refractivity contribution >= 4 is 5.91 Å². The van der Waals surface area contributed by atoms with E-state index < -0.39 is 0 Å². The van der Waals surface area contributed by atoms with E-state index in [2.05, 4.69) is 22.0 Å². The van der Waals surface area contributed by atoms with E-state index in [0.29, 0.717) is 18.5 Å². The van der Waals surface area contributed by atoms with Crippen molar-refractivity contribution < 1.29 is 4.79 Å². The van der Waals surface area contributed by atoms with Gasteiger partial charge in [-0.25, -0.2) is 0 Å². The molecular weight excluding hydrogens is 228 g/mol. The monoisotopic (exact) mass is 254 g/mol. The number of nitrogens with two attached hydrogens (primary N) is 1. The molecule has 2 fully saturated rings. The Kier molecular flexibility index (Phi) is 4.97. The van der Waals surface area contributed by atoms with Gasteiger partial charge in [-0.3, -0.25) is 9.69 Å². The van der Waals surface area contributed by atoms with E-state index in [4.69, 9.17) is 5.73 Å². The number of hydrogen-bond donors (Lipinski definition) is 2. The molecule has 0 aromatic rings. The minimum atomic E-state index is 0.196. The molecule has 1 saturated heterocycles. The molecule has 0 spiro atoms. The molecule has 1 amide bonds. The van der Waals surface area contributed by atoms with Gasteiger partial charge < -0.3 is 16.0 Å². The van der Waals surface area contributed by atoms with Crippen molar-refractivity contribution in [3.05, 3.63) is 0 Å². The molecule has 1 aliphatic carbocycles. The molecule has 104 valence electrons. The Hall–Kier alpha value is -0.650. The lowest BCUT2D eigenvalue weighted by Gasteiger charge is -2.35. The molecule has 0 radical (unpaired) electrons. The molecule has 5 heteroatoms. The molecule has 1 saturated carbocycles. The van der Waals surface area contributed by atoms with Gasteiger partial charge in [0.15, 0.2) is 0 Å². The highest BCUT2D eigenvalue weighted by molar-refractivity contribution is 5.78. The van der Waals surface area contributed by atoms with Crippen molar-refractivity contribution in [1.82, 2.24) is 15.1 Å². The van der Waals surface area contributed by atoms with Crippen molar-refractivity contribution in [2.45, 2.75) is 25.8 Å². The second kappa shape index (κ2) is 6.50. The van der Waals surface area contributed by atoms with Crippen LogP contribution in [0.15, 0.2) is 0 Å². The van der Waals surface area contributed by atoms with Crippen LogP contribution < -0.4 is 11.1 Å². The minimum absolute atomic E-state index is 0.196. The van der Waals surface area contributed by atoms with Crippen LogP contribution in [-0.2, 0) is 4.79 Å². The fourth-order valence-corrected chi connectivity index (χ4v) is 2.35. The predicted octanol–water partition coefficient (Wildman–Crippen LogP) is -0.523. The molecule has 1 atom stereocenters. The van der Waals surface area contributed by atoms with E-state index in [9.17, 15) is 4.79 Å². The molecule has 0 aromatic carbocycles. The summed E-state index contributed by atoms with van der Waals surface area (Å²) in [4.78, 5) is 16.4. The number of nitrogens with zero attached hydrogens (tertiary/aromatic N) is 2. The molecule has 18 heavy (non-hydrogen) atoms. The summed E-state index contributed by atoms with van der Waals surface area (Å²) in [5, 5.41) is 3.04. The zero-order chi connectivity index (χ0) is 13.0. The highest BCUT2D eigenvalue weighted by Gasteiger charge is 2.25. The van der Waals surface area contributed by atoms with Gasteiger partial charge in [-0.05, 0) is 25.3 Å². The van der Waals surface area contributed by atoms with Crippen LogP contribution in [0.5, 0.6) is 0 Å². The third-order valence-corrected chi connectivity index (χ3v) is 3.75. The lowest BCUT2D eigenvalue weighted by molar-refractivity contribution is -0.122. The highest BCUT2D eigenvalue weighted by Crippen LogP contribution is 2.18. The van der Waals surface area contributed by atoms with Gasteiger partial charge in [0.2, 0.25) is 5.91 Å². The summed E-state index contributed by atoms with van der Waals surface area (Å²) < 4.78 is 0. The van der Waals surface area contributed by atoms with Gasteiger partial charge in [0.1, 0.15) is 0 Å². The van der Waals surface area contributed by atoms with Crippen LogP contribution in [0.3, 0.4) is 0 Å². The van der Waals surface area contributed by atoms with Gasteiger partial charge in [-0.2, -0.15) is 0 Å². The van der Waals surface area contributed by atoms with Gasteiger partial charge in [-0.1, -0.05) is 6.92 Å². The van der Waals surface area contributed by atoms with E-state index in [0.717, 1.165) is 52.1 Å². The van der Waals surface area contributed by atoms with Gasteiger partial charge in [0.25, 0.3) is 0 Å². The third-order valence-electron chi connectivity index (χ3n) is 3.75. The van der Waals surface area contributed by atoms with Crippen molar-refractivity contribution in [2.75, 3.05) is 45.8 Å². The lowest BCUT2D eigenvalue weighted by atomic mass is 10.1. The Morgan fingerprint density at radius 2 is 1.89 bits per heavy atom. The van der Waals surface area contributed by atoms with Gasteiger partial charge in [0.05, 0.1) is 6.54 Å². The second-order valence-corrected chi connectivity index (χ2v) is 5.76. The topological polar surface area (TPSA) is 61.6 Å². The molecule has 2 aliphatic rings.